The number of nitrogens with zero attached hydrogens (tertiary/aromatic N) is 4. The third-order valence-corrected chi connectivity index (χ3v) is 4.46. The third kappa shape index (κ3) is 3.45. The van der Waals surface area contributed by atoms with Crippen LogP contribution in [0.5, 0.6) is 0 Å². The number of halogens is 3. The van der Waals surface area contributed by atoms with Crippen LogP contribution in [0.15, 0.2) is 12.7 Å². The number of hydrogen-bond donors (Lipinski definition) is 2. The van der Waals surface area contributed by atoms with Crippen LogP contribution in [0.4, 0.5) is 19.0 Å². The van der Waals surface area contributed by atoms with E-state index in [1.54, 1.807) is 18.4 Å². The molecule has 0 unspecified atom stereocenters. The number of nitrogens with two attached hydrogens (primary N) is 1. The fraction of sp³-hybridized carbons (Fsp3) is 0.667. The van der Waals surface area contributed by atoms with E-state index in [1.165, 1.54) is 12.7 Å². The second-order valence-electron chi connectivity index (χ2n) is 6.96. The molecule has 0 amide bonds. The van der Waals surface area contributed by atoms with Gasteiger partial charge in [0.1, 0.15) is 30.2 Å². The van der Waals surface area contributed by atoms with Gasteiger partial charge in [0.25, 0.3) is 0 Å². The standard InChI is InChI=1S/C15H19F3N6O3/c1-14(2)26-9-7(3-20-4-15(16,17)18)25-13(10(9)27-14)24-6-23-8-11(19)21-5-22-12(8)24/h5-7,9-10,13,20H,3-4H2,1-2H3,(H2,19,21,22)/t7-,9-,10+,13-/m1/s1. The van der Waals surface area contributed by atoms with Gasteiger partial charge in [-0.2, -0.15) is 13.2 Å². The van der Waals surface area contributed by atoms with Crippen molar-refractivity contribution < 1.29 is 27.4 Å². The van der Waals surface area contributed by atoms with Crippen LogP contribution in [0, 0.1) is 0 Å². The average Bonchev–Trinajstić information content (AvgIpc) is 3.19. The number of nitrogen functional groups attached to an aromatic ring is 1. The van der Waals surface area contributed by atoms with Gasteiger partial charge in [0.2, 0.25) is 0 Å². The van der Waals surface area contributed by atoms with Gasteiger partial charge >= 0.3 is 6.18 Å². The molecule has 4 atom stereocenters. The first kappa shape index (κ1) is 18.3. The highest BCUT2D eigenvalue weighted by Crippen LogP contribution is 2.43. The van der Waals surface area contributed by atoms with Crippen LogP contribution in [0.25, 0.3) is 11.2 Å². The monoisotopic (exact) mass is 388 g/mol. The summed E-state index contributed by atoms with van der Waals surface area (Å²) in [6.07, 6.45) is -3.89. The largest absolute Gasteiger partial charge is 0.401 e. The van der Waals surface area contributed by atoms with Crippen LogP contribution in [-0.2, 0) is 14.2 Å². The number of rotatable bonds is 4. The van der Waals surface area contributed by atoms with Gasteiger partial charge < -0.3 is 25.3 Å². The Morgan fingerprint density at radius 3 is 2.70 bits per heavy atom. The third-order valence-electron chi connectivity index (χ3n) is 4.46. The van der Waals surface area contributed by atoms with E-state index in [4.69, 9.17) is 19.9 Å². The minimum absolute atomic E-state index is 0.0413. The van der Waals surface area contributed by atoms with Crippen LogP contribution in [0.1, 0.15) is 20.1 Å². The van der Waals surface area contributed by atoms with E-state index in [1.807, 2.05) is 0 Å². The van der Waals surface area contributed by atoms with Crippen LogP contribution < -0.4 is 11.1 Å². The number of aromatic nitrogens is 4. The average molecular weight is 388 g/mol. The van der Waals surface area contributed by atoms with Gasteiger partial charge in [-0.05, 0) is 13.8 Å². The van der Waals surface area contributed by atoms with Crippen molar-refractivity contribution in [3.8, 4) is 0 Å². The summed E-state index contributed by atoms with van der Waals surface area (Å²) < 4.78 is 56.7. The van der Waals surface area contributed by atoms with Gasteiger partial charge in [-0.1, -0.05) is 0 Å². The maximum absolute atomic E-state index is 12.4. The maximum atomic E-state index is 12.4. The maximum Gasteiger partial charge on any atom is 0.401 e. The number of hydrogen-bond acceptors (Lipinski definition) is 8. The van der Waals surface area contributed by atoms with Gasteiger partial charge in [0.15, 0.2) is 23.5 Å². The highest BCUT2D eigenvalue weighted by Gasteiger charge is 2.56. The first-order valence-corrected chi connectivity index (χ1v) is 8.36. The Kier molecular flexibility index (Phi) is 4.25. The van der Waals surface area contributed by atoms with Crippen molar-refractivity contribution in [2.75, 3.05) is 18.8 Å². The summed E-state index contributed by atoms with van der Waals surface area (Å²) in [6, 6.07) is 0. The van der Waals surface area contributed by atoms with Crippen molar-refractivity contribution in [3.63, 3.8) is 0 Å². The topological polar surface area (TPSA) is 109 Å². The van der Waals surface area contributed by atoms with Gasteiger partial charge in [-0.25, -0.2) is 15.0 Å². The summed E-state index contributed by atoms with van der Waals surface area (Å²) >= 11 is 0. The molecule has 4 rings (SSSR count). The van der Waals surface area contributed by atoms with E-state index in [0.717, 1.165) is 0 Å². The van der Waals surface area contributed by atoms with E-state index < -0.39 is 43.0 Å². The Bertz CT molecular complexity index is 842. The Morgan fingerprint density at radius 2 is 1.96 bits per heavy atom. The molecule has 148 valence electrons. The van der Waals surface area contributed by atoms with Crippen molar-refractivity contribution >= 4 is 17.0 Å². The normalized spacial score (nSPS) is 30.1. The molecule has 12 heteroatoms. The molecule has 9 nitrogen and oxygen atoms in total. The van der Waals surface area contributed by atoms with Crippen LogP contribution in [-0.4, -0.2) is 62.9 Å². The summed E-state index contributed by atoms with van der Waals surface area (Å²) in [4.78, 5) is 12.3. The van der Waals surface area contributed by atoms with Crippen molar-refractivity contribution in [1.29, 1.82) is 0 Å². The summed E-state index contributed by atoms with van der Waals surface area (Å²) in [7, 11) is 0. The van der Waals surface area contributed by atoms with Crippen LogP contribution in [0.3, 0.4) is 0 Å². The van der Waals surface area contributed by atoms with E-state index in [9.17, 15) is 13.2 Å². The molecule has 0 bridgehead atoms. The smallest absolute Gasteiger partial charge is 0.382 e. The minimum atomic E-state index is -4.31. The highest BCUT2D eigenvalue weighted by molar-refractivity contribution is 5.81. The Balaban J connectivity index is 1.60. The molecule has 0 aromatic carbocycles. The van der Waals surface area contributed by atoms with E-state index in [0.29, 0.717) is 11.2 Å². The van der Waals surface area contributed by atoms with E-state index in [2.05, 4.69) is 20.3 Å². The Morgan fingerprint density at radius 1 is 1.22 bits per heavy atom. The minimum Gasteiger partial charge on any atom is -0.382 e. The lowest BCUT2D eigenvalue weighted by Crippen LogP contribution is -2.40. The van der Waals surface area contributed by atoms with E-state index >= 15 is 0 Å². The highest BCUT2D eigenvalue weighted by atomic mass is 19.4. The molecule has 0 aliphatic carbocycles. The molecule has 3 N–H and O–H groups in total. The predicted molar refractivity (Wildman–Crippen MR) is 86.4 cm³/mol. The molecule has 4 heterocycles. The van der Waals surface area contributed by atoms with Crippen molar-refractivity contribution in [2.45, 2.75) is 50.4 Å². The van der Waals surface area contributed by atoms with Crippen LogP contribution in [0.2, 0.25) is 0 Å². The summed E-state index contributed by atoms with van der Waals surface area (Å²) in [5.74, 6) is -0.662. The number of anilines is 1. The molecule has 2 aliphatic rings. The quantitative estimate of drug-likeness (QED) is 0.798. The fourth-order valence-electron chi connectivity index (χ4n) is 3.46. The Labute approximate surface area is 152 Å². The molecule has 2 aromatic heterocycles. The molecule has 2 aromatic rings. The number of nitrogens with one attached hydrogen (secondary N) is 1. The van der Waals surface area contributed by atoms with Crippen LogP contribution >= 0.6 is 0 Å². The summed E-state index contributed by atoms with van der Waals surface area (Å²) in [5.41, 5.74) is 6.67. The number of alkyl halides is 3. The molecule has 2 aliphatic heterocycles. The zero-order valence-corrected chi connectivity index (χ0v) is 14.6. The van der Waals surface area contributed by atoms with Gasteiger partial charge in [0.05, 0.1) is 12.9 Å². The lowest BCUT2D eigenvalue weighted by atomic mass is 10.1. The van der Waals surface area contributed by atoms with E-state index in [-0.39, 0.29) is 12.4 Å². The van der Waals surface area contributed by atoms with Gasteiger partial charge in [0, 0.05) is 6.54 Å². The first-order valence-electron chi connectivity index (χ1n) is 8.36. The first-order chi connectivity index (χ1) is 12.6. The molecular weight excluding hydrogens is 369 g/mol. The molecular formula is C15H19F3N6O3. The van der Waals surface area contributed by atoms with Gasteiger partial charge in [-0.3, -0.25) is 4.57 Å². The van der Waals surface area contributed by atoms with Crippen molar-refractivity contribution in [2.24, 2.45) is 0 Å². The van der Waals surface area contributed by atoms with Crippen molar-refractivity contribution in [3.05, 3.63) is 12.7 Å². The Hall–Kier alpha value is -2.02. The molecule has 27 heavy (non-hydrogen) atoms. The molecule has 2 saturated heterocycles. The predicted octanol–water partition coefficient (Wildman–Crippen LogP) is 0.978. The second-order valence-corrected chi connectivity index (χ2v) is 6.96. The van der Waals surface area contributed by atoms with Gasteiger partial charge in [-0.15, -0.1) is 0 Å². The number of imidazole rings is 1. The SMILES string of the molecule is CC1(C)O[C@H]2[C@H](O1)[C@@H](CNCC(F)(F)F)O[C@H]2n1cnc2c(N)ncnc21. The molecule has 0 radical (unpaired) electrons. The fourth-order valence-corrected chi connectivity index (χ4v) is 3.46. The molecule has 0 spiro atoms. The molecule has 0 saturated carbocycles. The summed E-state index contributed by atoms with van der Waals surface area (Å²) in [6.45, 7) is 2.33. The zero-order chi connectivity index (χ0) is 19.4. The zero-order valence-electron chi connectivity index (χ0n) is 14.6. The number of fused-ring (bicyclic) bond motifs is 2. The lowest BCUT2D eigenvalue weighted by molar-refractivity contribution is -0.196. The second kappa shape index (κ2) is 6.26. The number of ether oxygens (including phenoxy) is 3. The van der Waals surface area contributed by atoms with Crippen molar-refractivity contribution in [1.82, 2.24) is 24.8 Å². The lowest BCUT2D eigenvalue weighted by Gasteiger charge is -2.25. The summed E-state index contributed by atoms with van der Waals surface area (Å²) in [5, 5.41) is 2.36. The molecule has 2 fully saturated rings.